The molecule has 20 nitrogen and oxygen atoms in total. The van der Waals surface area contributed by atoms with Crippen molar-refractivity contribution in [3.63, 3.8) is 0 Å². The average Bonchev–Trinajstić information content (AvgIpc) is 1.61. The lowest BCUT2D eigenvalue weighted by atomic mass is 9.80. The van der Waals surface area contributed by atoms with E-state index in [1.54, 1.807) is 127 Å². The maximum Gasteiger partial charge on any atom is 0.343 e. The van der Waals surface area contributed by atoms with Gasteiger partial charge in [-0.3, -0.25) is 19.4 Å². The van der Waals surface area contributed by atoms with Gasteiger partial charge in [0.1, 0.15) is 20.2 Å². The van der Waals surface area contributed by atoms with Gasteiger partial charge in [-0.05, 0) is 124 Å². The second-order valence-electron chi connectivity index (χ2n) is 23.7. The van der Waals surface area contributed by atoms with Gasteiger partial charge in [0.05, 0.1) is 35.0 Å². The fourth-order valence-electron chi connectivity index (χ4n) is 12.0. The molecule has 1 amide bonds. The number of fused-ring (bicyclic) bond motifs is 4. The fourth-order valence-corrected chi connectivity index (χ4v) is 14.5. The zero-order chi connectivity index (χ0) is 68.8. The molecular formula is C69H61N5O15S4-2. The van der Waals surface area contributed by atoms with E-state index in [2.05, 4.69) is 77.5 Å². The molecule has 2 N–H and O–H groups in total. The summed E-state index contributed by atoms with van der Waals surface area (Å²) < 4.78 is 157. The Kier molecular flexibility index (Phi) is 18.9. The van der Waals surface area contributed by atoms with Crippen LogP contribution in [0, 0.1) is 0 Å². The topological polar surface area (TPSA) is 308 Å². The number of carbonyl (C=O) groups excluding carboxylic acids is 1. The highest BCUT2D eigenvalue weighted by Crippen LogP contribution is 2.52. The van der Waals surface area contributed by atoms with Crippen molar-refractivity contribution in [2.75, 3.05) is 9.80 Å². The van der Waals surface area contributed by atoms with Crippen molar-refractivity contribution in [3.8, 4) is 0 Å². The molecule has 4 aliphatic heterocycles. The summed E-state index contributed by atoms with van der Waals surface area (Å²) in [5, 5.41) is 9.20. The summed E-state index contributed by atoms with van der Waals surface area (Å²) in [4.78, 5) is 28.0. The van der Waals surface area contributed by atoms with Crippen LogP contribution in [0.15, 0.2) is 231 Å². The Morgan fingerprint density at radius 2 is 0.925 bits per heavy atom. The molecular weight excluding hydrogens is 1270 g/mol. The maximum absolute atomic E-state index is 13.9. The first-order valence-electron chi connectivity index (χ1n) is 28.1. The Bertz CT molecular complexity index is 5100. The van der Waals surface area contributed by atoms with Crippen LogP contribution < -0.4 is 15.1 Å². The molecule has 0 aromatic heterocycles. The van der Waals surface area contributed by atoms with Crippen LogP contribution >= 0.6 is 0 Å². The third kappa shape index (κ3) is 13.4. The van der Waals surface area contributed by atoms with Crippen LogP contribution in [-0.4, -0.2) is 89.4 Å². The third-order valence-electron chi connectivity index (χ3n) is 16.3. The Hall–Kier alpha value is -9.70. The summed E-state index contributed by atoms with van der Waals surface area (Å²) in [7, 11) is -20.9. The number of nitrogens with zero attached hydrogens (tertiary/aromatic N) is 4. The summed E-state index contributed by atoms with van der Waals surface area (Å²) in [6, 6.07) is 21.3. The smallest absolute Gasteiger partial charge is 0.343 e. The van der Waals surface area contributed by atoms with E-state index in [1.165, 1.54) is 61.5 Å². The number of rotatable bonds is 19. The van der Waals surface area contributed by atoms with Gasteiger partial charge in [0.25, 0.3) is 0 Å². The minimum Gasteiger partial charge on any atom is -0.742 e. The zero-order valence-corrected chi connectivity index (χ0v) is 54.9. The lowest BCUT2D eigenvalue weighted by molar-refractivity contribution is -0.367. The number of hydrogen-bond acceptors (Lipinski definition) is 16. The number of aliphatic carboxylic acids is 1. The van der Waals surface area contributed by atoms with Gasteiger partial charge in [-0.1, -0.05) is 123 Å². The minimum atomic E-state index is -5.28. The van der Waals surface area contributed by atoms with Crippen molar-refractivity contribution >= 4 is 86.5 Å². The first-order valence-corrected chi connectivity index (χ1v) is 33.7. The molecule has 24 heteroatoms. The highest BCUT2D eigenvalue weighted by Gasteiger charge is 2.50. The van der Waals surface area contributed by atoms with E-state index in [4.69, 9.17) is 0 Å². The molecule has 0 spiro atoms. The highest BCUT2D eigenvalue weighted by atomic mass is 32.2. The van der Waals surface area contributed by atoms with Gasteiger partial charge >= 0.3 is 16.0 Å². The van der Waals surface area contributed by atoms with Crippen LogP contribution in [0.2, 0.25) is 0 Å². The van der Waals surface area contributed by atoms with E-state index in [9.17, 15) is 66.6 Å². The predicted molar refractivity (Wildman–Crippen MR) is 347 cm³/mol. The molecule has 0 unspecified atom stereocenters. The van der Waals surface area contributed by atoms with Gasteiger partial charge in [-0.15, -0.1) is 9.15 Å². The average molecular weight is 1330 g/mol. The number of amides is 1. The molecule has 0 bridgehead atoms. The molecule has 93 heavy (non-hydrogen) atoms. The van der Waals surface area contributed by atoms with Gasteiger partial charge in [0, 0.05) is 75.6 Å². The van der Waals surface area contributed by atoms with Gasteiger partial charge < -0.3 is 28.6 Å². The molecule has 0 radical (unpaired) electrons. The van der Waals surface area contributed by atoms with Crippen LogP contribution in [0.3, 0.4) is 0 Å². The summed E-state index contributed by atoms with van der Waals surface area (Å²) in [6.45, 7) is 27.9. The summed E-state index contributed by atoms with van der Waals surface area (Å²) in [5.41, 5.74) is 20.2. The quantitative estimate of drug-likeness (QED) is 0.0382. The normalized spacial score (nSPS) is 17.4. The molecule has 4 heterocycles. The van der Waals surface area contributed by atoms with Crippen LogP contribution in [0.1, 0.15) is 94.3 Å². The predicted octanol–water partition coefficient (Wildman–Crippen LogP) is 9.26. The number of benzene rings is 4. The lowest BCUT2D eigenvalue weighted by Crippen LogP contribution is -2.29. The van der Waals surface area contributed by atoms with E-state index in [0.717, 1.165) is 0 Å². The molecule has 0 fully saturated rings. The van der Waals surface area contributed by atoms with Crippen molar-refractivity contribution in [3.05, 3.63) is 270 Å². The molecule has 0 saturated heterocycles. The van der Waals surface area contributed by atoms with Crippen LogP contribution in [0.4, 0.5) is 22.7 Å². The standard InChI is InChI=1S/C69H63N5O15S4/c1-13-23-61(90(78,79)80)71-52-28-21-20-27-48(52)66(5,6)58(71)31-22-32-59-69(11,12)51-41-47(35-38-55(51)74(59)64(26-16-4)93(87,88)89)44-70-60(75)42-45-33-36-53-49(39-45)67(7,8)56(72(53)62(24-14-2)91(81,82)83)29-18-17-19-30-57-68(9,10)50-40-46(43-65(76)77)34-37-54(50)73(57)63(25-15-3)92(84,85)86/h17-22,27-41H,1-4,42-44H2,5-12H3,(H4-2,70,75,76,77,78,79,80,81,82,83,84,85,86,87,88,89)/p-2. The van der Waals surface area contributed by atoms with E-state index >= 15 is 0 Å². The maximum atomic E-state index is 13.9. The summed E-state index contributed by atoms with van der Waals surface area (Å²) >= 11 is 0. The Labute approximate surface area is 540 Å². The van der Waals surface area contributed by atoms with Crippen LogP contribution in [-0.2, 0) is 91.1 Å². The Morgan fingerprint density at radius 1 is 0.505 bits per heavy atom. The minimum absolute atomic E-state index is 0.0458. The van der Waals surface area contributed by atoms with E-state index in [1.807, 2.05) is 13.8 Å². The van der Waals surface area contributed by atoms with Crippen molar-refractivity contribution in [2.45, 2.75) is 96.4 Å². The Morgan fingerprint density at radius 3 is 1.41 bits per heavy atom. The second kappa shape index (κ2) is 25.4. The number of nitrogens with one attached hydrogen (secondary N) is 1. The van der Waals surface area contributed by atoms with Gasteiger partial charge in [0.2, 0.25) is 17.3 Å². The lowest BCUT2D eigenvalue weighted by Gasteiger charge is -2.28. The fraction of sp³-hybridized carbons (Fsp3) is 0.217. The molecule has 4 aromatic carbocycles. The molecule has 478 valence electrons. The summed E-state index contributed by atoms with van der Waals surface area (Å²) in [5.74, 6) is -1.55. The van der Waals surface area contributed by atoms with Gasteiger partial charge in [-0.2, -0.15) is 0 Å². The number of carboxylic acid groups (broad SMARTS) is 1. The molecule has 4 aromatic rings. The molecule has 0 saturated carbocycles. The van der Waals surface area contributed by atoms with E-state index < -0.39 is 94.1 Å². The highest BCUT2D eigenvalue weighted by molar-refractivity contribution is 7.90. The van der Waals surface area contributed by atoms with Crippen LogP contribution in [0.5, 0.6) is 0 Å². The largest absolute Gasteiger partial charge is 0.742 e. The van der Waals surface area contributed by atoms with Crippen molar-refractivity contribution < 1.29 is 75.7 Å². The molecule has 0 atom stereocenters. The van der Waals surface area contributed by atoms with Crippen LogP contribution in [0.25, 0.3) is 0 Å². The van der Waals surface area contributed by atoms with E-state index in [0.29, 0.717) is 50.3 Å². The number of allylic oxidation sites excluding steroid dienone is 10. The number of anilines is 2. The van der Waals surface area contributed by atoms with Crippen molar-refractivity contribution in [2.24, 2.45) is 0 Å². The number of para-hydroxylation sites is 1. The molecule has 8 rings (SSSR count). The van der Waals surface area contributed by atoms with Gasteiger partial charge in [-0.25, -0.2) is 33.7 Å². The molecule has 0 aliphatic carbocycles. The monoisotopic (exact) mass is 1330 g/mol. The molecule has 4 aliphatic rings. The van der Waals surface area contributed by atoms with E-state index in [-0.39, 0.29) is 53.6 Å². The SMILES string of the molecule is C=C=C=C(N1/C(=C/C=C/C2=[N+](C(=C=C=C)S(=O)(=O)[O-])c3ccccc3C2(C)C)C(C)(C)c2cc(CNC(=O)Cc3ccc4c(c3)C(C)(C)C(/C=C/C=C/C=C3/N(C(=C=C=C)S(=O)(=O)[O-])c5ccc(CC(=O)O)cc5C3(C)C)=[N+]4C(=C=C=C)S(=O)(=O)[O-])ccc21)S(=O)(=O)[O-]. The Balaban J connectivity index is 1.09. The third-order valence-corrected chi connectivity index (χ3v) is 19.3. The van der Waals surface area contributed by atoms with Crippen molar-refractivity contribution in [1.82, 2.24) is 5.32 Å². The van der Waals surface area contributed by atoms with Gasteiger partial charge in [0.15, 0.2) is 41.7 Å². The zero-order valence-electron chi connectivity index (χ0n) is 51.7. The summed E-state index contributed by atoms with van der Waals surface area (Å²) in [6.07, 6.45) is 11.8. The second-order valence-corrected chi connectivity index (χ2v) is 28.8. The number of hydrogen-bond donors (Lipinski definition) is 2. The first-order chi connectivity index (χ1) is 43.3. The van der Waals surface area contributed by atoms with Crippen molar-refractivity contribution in [1.29, 1.82) is 0 Å². The number of carboxylic acids is 1. The number of carbonyl (C=O) groups is 2. The first kappa shape index (κ1) is 69.2.